The molecule has 1 aromatic carbocycles. The van der Waals surface area contributed by atoms with Crippen LogP contribution < -0.4 is 10.6 Å². The van der Waals surface area contributed by atoms with Crippen molar-refractivity contribution in [1.82, 2.24) is 0 Å². The summed E-state index contributed by atoms with van der Waals surface area (Å²) < 4.78 is 13.4. The summed E-state index contributed by atoms with van der Waals surface area (Å²) in [5.74, 6) is -1.26. The van der Waals surface area contributed by atoms with Gasteiger partial charge in [0.1, 0.15) is 5.82 Å². The van der Waals surface area contributed by atoms with E-state index in [1.54, 1.807) is 6.07 Å². The Morgan fingerprint density at radius 3 is 2.53 bits per heavy atom. The van der Waals surface area contributed by atoms with E-state index >= 15 is 0 Å². The van der Waals surface area contributed by atoms with Crippen molar-refractivity contribution in [2.45, 2.75) is 12.8 Å². The van der Waals surface area contributed by atoms with Gasteiger partial charge in [0.2, 0.25) is 0 Å². The van der Waals surface area contributed by atoms with Gasteiger partial charge in [-0.15, -0.1) is 0 Å². The van der Waals surface area contributed by atoms with Crippen molar-refractivity contribution in [2.24, 2.45) is 5.73 Å². The topological polar surface area (TPSA) is 46.3 Å². The van der Waals surface area contributed by atoms with Crippen molar-refractivity contribution >= 4 is 11.6 Å². The molecule has 0 unspecified atom stereocenters. The van der Waals surface area contributed by atoms with Crippen molar-refractivity contribution in [3.63, 3.8) is 0 Å². The predicted octanol–water partition coefficient (Wildman–Crippen LogP) is 1.52. The molecule has 0 spiro atoms. The van der Waals surface area contributed by atoms with Crippen LogP contribution in [0.3, 0.4) is 0 Å². The van der Waals surface area contributed by atoms with Crippen molar-refractivity contribution in [3.05, 3.63) is 29.6 Å². The highest BCUT2D eigenvalue weighted by Gasteiger charge is 2.15. The summed E-state index contributed by atoms with van der Waals surface area (Å²) in [4.78, 5) is 12.9. The molecule has 1 aromatic rings. The average molecular weight is 208 g/mol. The summed E-state index contributed by atoms with van der Waals surface area (Å²) in [7, 11) is 0. The third-order valence-electron chi connectivity index (χ3n) is 2.69. The van der Waals surface area contributed by atoms with Crippen LogP contribution >= 0.6 is 0 Å². The van der Waals surface area contributed by atoms with Gasteiger partial charge in [-0.25, -0.2) is 4.39 Å². The second-order valence-electron chi connectivity index (χ2n) is 3.72. The van der Waals surface area contributed by atoms with Crippen LogP contribution in [0.2, 0.25) is 0 Å². The molecule has 1 aliphatic rings. The van der Waals surface area contributed by atoms with Crippen LogP contribution in [0.15, 0.2) is 18.2 Å². The highest BCUT2D eigenvalue weighted by Crippen LogP contribution is 2.22. The summed E-state index contributed by atoms with van der Waals surface area (Å²) in [5.41, 5.74) is 5.81. The molecule has 2 rings (SSSR count). The minimum atomic E-state index is -0.722. The third-order valence-corrected chi connectivity index (χ3v) is 2.69. The van der Waals surface area contributed by atoms with Crippen LogP contribution in [0.4, 0.5) is 10.1 Å². The van der Waals surface area contributed by atoms with Crippen LogP contribution in [0, 0.1) is 5.82 Å². The van der Waals surface area contributed by atoms with Gasteiger partial charge < -0.3 is 10.6 Å². The molecule has 0 saturated carbocycles. The van der Waals surface area contributed by atoms with Gasteiger partial charge in [0.05, 0.1) is 5.56 Å². The van der Waals surface area contributed by atoms with Gasteiger partial charge in [-0.2, -0.15) is 0 Å². The molecule has 3 nitrogen and oxygen atoms in total. The maximum atomic E-state index is 13.4. The standard InChI is InChI=1S/C11H13FN2O/c12-10-7-8(14-5-1-2-6-14)3-4-9(10)11(13)15/h3-4,7H,1-2,5-6H2,(H2,13,15). The van der Waals surface area contributed by atoms with E-state index in [4.69, 9.17) is 5.73 Å². The lowest BCUT2D eigenvalue weighted by Gasteiger charge is -2.17. The number of rotatable bonds is 2. The lowest BCUT2D eigenvalue weighted by Crippen LogP contribution is -2.19. The van der Waals surface area contributed by atoms with Crippen molar-refractivity contribution in [2.75, 3.05) is 18.0 Å². The number of halogens is 1. The highest BCUT2D eigenvalue weighted by atomic mass is 19.1. The zero-order chi connectivity index (χ0) is 10.8. The Bertz CT molecular complexity index is 386. The van der Waals surface area contributed by atoms with Crippen LogP contribution in [0.5, 0.6) is 0 Å². The molecule has 15 heavy (non-hydrogen) atoms. The Kier molecular flexibility index (Phi) is 2.58. The van der Waals surface area contributed by atoms with Gasteiger partial charge >= 0.3 is 0 Å². The Balaban J connectivity index is 2.28. The molecule has 1 aliphatic heterocycles. The van der Waals surface area contributed by atoms with Crippen molar-refractivity contribution in [3.8, 4) is 0 Å². The molecule has 0 bridgehead atoms. The quantitative estimate of drug-likeness (QED) is 0.801. The number of carbonyl (C=O) groups is 1. The minimum absolute atomic E-state index is 0.0436. The molecule has 0 radical (unpaired) electrons. The molecule has 1 saturated heterocycles. The summed E-state index contributed by atoms with van der Waals surface area (Å²) in [6.45, 7) is 1.91. The van der Waals surface area contributed by atoms with Gasteiger partial charge in [0, 0.05) is 18.8 Å². The molecule has 1 heterocycles. The molecule has 1 amide bonds. The summed E-state index contributed by atoms with van der Waals surface area (Å²) in [5, 5.41) is 0. The van der Waals surface area contributed by atoms with Crippen LogP contribution in [0.25, 0.3) is 0 Å². The van der Waals surface area contributed by atoms with Gasteiger partial charge in [0.15, 0.2) is 0 Å². The van der Waals surface area contributed by atoms with E-state index in [0.29, 0.717) is 0 Å². The number of hydrogen-bond donors (Lipinski definition) is 1. The Morgan fingerprint density at radius 2 is 2.00 bits per heavy atom. The van der Waals surface area contributed by atoms with Gasteiger partial charge in [0.25, 0.3) is 5.91 Å². The van der Waals surface area contributed by atoms with Gasteiger partial charge in [-0.3, -0.25) is 4.79 Å². The van der Waals surface area contributed by atoms with Crippen LogP contribution in [0.1, 0.15) is 23.2 Å². The molecule has 80 valence electrons. The Hall–Kier alpha value is -1.58. The molecule has 0 aliphatic carbocycles. The molecule has 4 heteroatoms. The van der Waals surface area contributed by atoms with Crippen molar-refractivity contribution in [1.29, 1.82) is 0 Å². The van der Waals surface area contributed by atoms with E-state index in [2.05, 4.69) is 4.90 Å². The summed E-state index contributed by atoms with van der Waals surface area (Å²) in [6.07, 6.45) is 2.28. The average Bonchev–Trinajstić information content (AvgIpc) is 2.69. The van der Waals surface area contributed by atoms with E-state index < -0.39 is 11.7 Å². The Labute approximate surface area is 87.7 Å². The summed E-state index contributed by atoms with van der Waals surface area (Å²) in [6, 6.07) is 4.57. The second-order valence-corrected chi connectivity index (χ2v) is 3.72. The molecular formula is C11H13FN2O. The second kappa shape index (κ2) is 3.88. The maximum Gasteiger partial charge on any atom is 0.251 e. The lowest BCUT2D eigenvalue weighted by atomic mass is 10.1. The number of benzene rings is 1. The van der Waals surface area contributed by atoms with E-state index in [9.17, 15) is 9.18 Å². The third kappa shape index (κ3) is 1.93. The van der Waals surface area contributed by atoms with E-state index in [1.165, 1.54) is 12.1 Å². The summed E-state index contributed by atoms with van der Waals surface area (Å²) >= 11 is 0. The molecular weight excluding hydrogens is 195 g/mol. The number of hydrogen-bond acceptors (Lipinski definition) is 2. The number of carbonyl (C=O) groups excluding carboxylic acids is 1. The Morgan fingerprint density at radius 1 is 1.33 bits per heavy atom. The molecule has 0 aromatic heterocycles. The maximum absolute atomic E-state index is 13.4. The fourth-order valence-corrected chi connectivity index (χ4v) is 1.88. The SMILES string of the molecule is NC(=O)c1ccc(N2CCCC2)cc1F. The minimum Gasteiger partial charge on any atom is -0.371 e. The first-order valence-corrected chi connectivity index (χ1v) is 5.03. The normalized spacial score (nSPS) is 15.7. The molecule has 2 N–H and O–H groups in total. The predicted molar refractivity (Wildman–Crippen MR) is 56.4 cm³/mol. The zero-order valence-electron chi connectivity index (χ0n) is 8.37. The highest BCUT2D eigenvalue weighted by molar-refractivity contribution is 5.93. The van der Waals surface area contributed by atoms with Crippen molar-refractivity contribution < 1.29 is 9.18 Å². The van der Waals surface area contributed by atoms with E-state index in [0.717, 1.165) is 31.6 Å². The van der Waals surface area contributed by atoms with Crippen LogP contribution in [-0.2, 0) is 0 Å². The largest absolute Gasteiger partial charge is 0.371 e. The smallest absolute Gasteiger partial charge is 0.251 e. The van der Waals surface area contributed by atoms with E-state index in [-0.39, 0.29) is 5.56 Å². The number of amides is 1. The number of primary amides is 1. The number of nitrogens with two attached hydrogens (primary N) is 1. The van der Waals surface area contributed by atoms with E-state index in [1.807, 2.05) is 0 Å². The van der Waals surface area contributed by atoms with Gasteiger partial charge in [-0.1, -0.05) is 0 Å². The fraction of sp³-hybridized carbons (Fsp3) is 0.364. The van der Waals surface area contributed by atoms with Gasteiger partial charge in [-0.05, 0) is 31.0 Å². The zero-order valence-corrected chi connectivity index (χ0v) is 8.37. The monoisotopic (exact) mass is 208 g/mol. The molecule has 1 fully saturated rings. The fourth-order valence-electron chi connectivity index (χ4n) is 1.88. The lowest BCUT2D eigenvalue weighted by molar-refractivity contribution is 0.0996. The van der Waals surface area contributed by atoms with Crippen LogP contribution in [-0.4, -0.2) is 19.0 Å². The number of nitrogens with zero attached hydrogens (tertiary/aromatic N) is 1. The molecule has 0 atom stereocenters. The first-order valence-electron chi connectivity index (χ1n) is 5.03. The number of anilines is 1. The first kappa shape index (κ1) is 9.96. The first-order chi connectivity index (χ1) is 7.18.